The Hall–Kier alpha value is -1.51. The van der Waals surface area contributed by atoms with Gasteiger partial charge in [0.15, 0.2) is 5.43 Å². The highest BCUT2D eigenvalue weighted by Gasteiger charge is 2.01. The minimum Gasteiger partial charge on any atom is -0.343 e. The normalized spacial score (nSPS) is 11.4. The number of hydrogen-bond donors (Lipinski definition) is 1. The molecular weight excluding hydrogens is 176 g/mol. The van der Waals surface area contributed by atoms with E-state index in [2.05, 4.69) is 18.8 Å². The van der Waals surface area contributed by atoms with Crippen LogP contribution in [0.25, 0.3) is 5.65 Å². The Morgan fingerprint density at radius 2 is 2.29 bits per heavy atom. The summed E-state index contributed by atoms with van der Waals surface area (Å²) in [6.45, 7) is 4.35. The first-order valence-electron chi connectivity index (χ1n) is 4.85. The zero-order valence-corrected chi connectivity index (χ0v) is 8.45. The predicted molar refractivity (Wildman–Crippen MR) is 56.6 cm³/mol. The fourth-order valence-electron chi connectivity index (χ4n) is 1.61. The largest absolute Gasteiger partial charge is 0.343 e. The van der Waals surface area contributed by atoms with Crippen molar-refractivity contribution in [1.82, 2.24) is 9.38 Å². The molecule has 2 aromatic rings. The van der Waals surface area contributed by atoms with Crippen molar-refractivity contribution < 1.29 is 0 Å². The highest BCUT2D eigenvalue weighted by Crippen LogP contribution is 2.07. The standard InChI is InChI=1S/C11H14N2O/c1-8(2)5-9-7-13-4-3-10(14)6-11(13)12-9/h3-4,6-8,12H,5H2,1-2H3. The van der Waals surface area contributed by atoms with Crippen LogP contribution in [0.15, 0.2) is 29.3 Å². The SMILES string of the molecule is CC(C)Cc1cn2ccc(=O)cc2[nH]1. The molecule has 2 heterocycles. The number of rotatable bonds is 2. The number of H-pyrrole nitrogens is 1. The first kappa shape index (κ1) is 9.06. The third-order valence-electron chi connectivity index (χ3n) is 2.17. The number of aromatic amines is 1. The zero-order chi connectivity index (χ0) is 10.1. The molecule has 2 rings (SSSR count). The lowest BCUT2D eigenvalue weighted by atomic mass is 10.1. The highest BCUT2D eigenvalue weighted by molar-refractivity contribution is 5.39. The van der Waals surface area contributed by atoms with Gasteiger partial charge in [-0.15, -0.1) is 0 Å². The van der Waals surface area contributed by atoms with E-state index in [0.717, 1.165) is 12.1 Å². The van der Waals surface area contributed by atoms with Crippen LogP contribution in [-0.2, 0) is 6.42 Å². The van der Waals surface area contributed by atoms with Gasteiger partial charge < -0.3 is 9.38 Å². The van der Waals surface area contributed by atoms with E-state index in [0.29, 0.717) is 5.92 Å². The van der Waals surface area contributed by atoms with Crippen molar-refractivity contribution in [2.24, 2.45) is 5.92 Å². The van der Waals surface area contributed by atoms with Gasteiger partial charge in [0, 0.05) is 30.2 Å². The van der Waals surface area contributed by atoms with E-state index >= 15 is 0 Å². The van der Waals surface area contributed by atoms with Crippen molar-refractivity contribution in [2.45, 2.75) is 20.3 Å². The average Bonchev–Trinajstić information content (AvgIpc) is 2.44. The lowest BCUT2D eigenvalue weighted by Gasteiger charge is -1.99. The summed E-state index contributed by atoms with van der Waals surface area (Å²) in [7, 11) is 0. The molecule has 3 heteroatoms. The number of hydrogen-bond acceptors (Lipinski definition) is 1. The molecule has 0 spiro atoms. The third-order valence-corrected chi connectivity index (χ3v) is 2.17. The van der Waals surface area contributed by atoms with Gasteiger partial charge in [0.1, 0.15) is 5.65 Å². The van der Waals surface area contributed by atoms with Crippen molar-refractivity contribution >= 4 is 5.65 Å². The van der Waals surface area contributed by atoms with Crippen molar-refractivity contribution in [3.63, 3.8) is 0 Å². The Morgan fingerprint density at radius 1 is 1.50 bits per heavy atom. The summed E-state index contributed by atoms with van der Waals surface area (Å²) in [6.07, 6.45) is 4.84. The van der Waals surface area contributed by atoms with E-state index in [4.69, 9.17) is 0 Å². The lowest BCUT2D eigenvalue weighted by Crippen LogP contribution is -1.97. The molecule has 0 fully saturated rings. The summed E-state index contributed by atoms with van der Waals surface area (Å²) < 4.78 is 1.94. The van der Waals surface area contributed by atoms with E-state index in [1.807, 2.05) is 10.6 Å². The van der Waals surface area contributed by atoms with Gasteiger partial charge in [-0.05, 0) is 12.3 Å². The minimum atomic E-state index is 0.0444. The van der Waals surface area contributed by atoms with Crippen LogP contribution in [0.4, 0.5) is 0 Å². The summed E-state index contributed by atoms with van der Waals surface area (Å²) in [5.41, 5.74) is 2.08. The van der Waals surface area contributed by atoms with E-state index in [9.17, 15) is 4.79 Å². The second-order valence-electron chi connectivity index (χ2n) is 4.03. The van der Waals surface area contributed by atoms with Crippen LogP contribution in [-0.4, -0.2) is 9.38 Å². The maximum absolute atomic E-state index is 11.1. The molecule has 0 amide bonds. The van der Waals surface area contributed by atoms with Crippen LogP contribution in [0.5, 0.6) is 0 Å². The highest BCUT2D eigenvalue weighted by atomic mass is 16.1. The molecule has 0 aliphatic carbocycles. The van der Waals surface area contributed by atoms with Crippen LogP contribution < -0.4 is 5.43 Å². The monoisotopic (exact) mass is 190 g/mol. The molecule has 0 bridgehead atoms. The Kier molecular flexibility index (Phi) is 2.15. The van der Waals surface area contributed by atoms with Crippen LogP contribution in [0.3, 0.4) is 0 Å². The number of fused-ring (bicyclic) bond motifs is 1. The first-order valence-corrected chi connectivity index (χ1v) is 4.85. The Labute approximate surface area is 82.4 Å². The number of nitrogens with one attached hydrogen (secondary N) is 1. The Balaban J connectivity index is 2.46. The molecule has 3 nitrogen and oxygen atoms in total. The average molecular weight is 190 g/mol. The second-order valence-corrected chi connectivity index (χ2v) is 4.03. The van der Waals surface area contributed by atoms with Crippen molar-refractivity contribution in [2.75, 3.05) is 0 Å². The van der Waals surface area contributed by atoms with E-state index < -0.39 is 0 Å². The smallest absolute Gasteiger partial charge is 0.183 e. The number of aromatic nitrogens is 2. The maximum atomic E-state index is 11.1. The number of imidazole rings is 1. The topological polar surface area (TPSA) is 37.3 Å². The predicted octanol–water partition coefficient (Wildman–Crippen LogP) is 1.83. The van der Waals surface area contributed by atoms with Gasteiger partial charge in [0.2, 0.25) is 0 Å². The van der Waals surface area contributed by atoms with Gasteiger partial charge in [0.05, 0.1) is 0 Å². The van der Waals surface area contributed by atoms with Crippen molar-refractivity contribution in [3.8, 4) is 0 Å². The molecule has 0 aliphatic rings. The first-order chi connectivity index (χ1) is 6.65. The van der Waals surface area contributed by atoms with Crippen LogP contribution in [0.1, 0.15) is 19.5 Å². The molecule has 0 unspecified atom stereocenters. The van der Waals surface area contributed by atoms with E-state index in [1.54, 1.807) is 18.3 Å². The fraction of sp³-hybridized carbons (Fsp3) is 0.364. The van der Waals surface area contributed by atoms with Crippen molar-refractivity contribution in [1.29, 1.82) is 0 Å². The molecule has 0 saturated carbocycles. The van der Waals surface area contributed by atoms with Gasteiger partial charge >= 0.3 is 0 Å². The third kappa shape index (κ3) is 1.71. The molecule has 14 heavy (non-hydrogen) atoms. The second kappa shape index (κ2) is 3.33. The van der Waals surface area contributed by atoms with Crippen LogP contribution in [0.2, 0.25) is 0 Å². The molecular formula is C11H14N2O. The van der Waals surface area contributed by atoms with E-state index in [1.165, 1.54) is 5.69 Å². The minimum absolute atomic E-state index is 0.0444. The summed E-state index contributed by atoms with van der Waals surface area (Å²) in [5.74, 6) is 0.621. The summed E-state index contributed by atoms with van der Waals surface area (Å²) in [6, 6.07) is 3.18. The number of pyridine rings is 1. The fourth-order valence-corrected chi connectivity index (χ4v) is 1.61. The maximum Gasteiger partial charge on any atom is 0.183 e. The summed E-state index contributed by atoms with van der Waals surface area (Å²) in [4.78, 5) is 14.3. The Bertz CT molecular complexity index is 493. The quantitative estimate of drug-likeness (QED) is 0.770. The van der Waals surface area contributed by atoms with E-state index in [-0.39, 0.29) is 5.43 Å². The van der Waals surface area contributed by atoms with Crippen molar-refractivity contribution in [3.05, 3.63) is 40.4 Å². The lowest BCUT2D eigenvalue weighted by molar-refractivity contribution is 0.638. The zero-order valence-electron chi connectivity index (χ0n) is 8.45. The van der Waals surface area contributed by atoms with Gasteiger partial charge in [-0.25, -0.2) is 0 Å². The molecule has 1 N–H and O–H groups in total. The molecule has 2 aromatic heterocycles. The molecule has 0 saturated heterocycles. The molecule has 0 aromatic carbocycles. The Morgan fingerprint density at radius 3 is 3.00 bits per heavy atom. The molecule has 0 radical (unpaired) electrons. The molecule has 0 aliphatic heterocycles. The van der Waals surface area contributed by atoms with Gasteiger partial charge in [-0.3, -0.25) is 4.79 Å². The van der Waals surface area contributed by atoms with Gasteiger partial charge in [-0.2, -0.15) is 0 Å². The van der Waals surface area contributed by atoms with Gasteiger partial charge in [0.25, 0.3) is 0 Å². The van der Waals surface area contributed by atoms with Crippen LogP contribution in [0, 0.1) is 5.92 Å². The molecule has 74 valence electrons. The number of nitrogens with zero attached hydrogens (tertiary/aromatic N) is 1. The molecule has 0 atom stereocenters. The summed E-state index contributed by atoms with van der Waals surface area (Å²) in [5, 5.41) is 0. The van der Waals surface area contributed by atoms with Gasteiger partial charge in [-0.1, -0.05) is 13.8 Å². The van der Waals surface area contributed by atoms with Crippen LogP contribution >= 0.6 is 0 Å². The summed E-state index contributed by atoms with van der Waals surface area (Å²) >= 11 is 0.